The van der Waals surface area contributed by atoms with Gasteiger partial charge in [0.2, 0.25) is 0 Å². The van der Waals surface area contributed by atoms with Crippen LogP contribution >= 0.6 is 11.6 Å². The van der Waals surface area contributed by atoms with Gasteiger partial charge in [0.05, 0.1) is 10.5 Å². The number of nitrogens with zero attached hydrogens (tertiary/aromatic N) is 3. The lowest BCUT2D eigenvalue weighted by atomic mass is 9.95. The Hall–Kier alpha value is -2.96. The zero-order valence-corrected chi connectivity index (χ0v) is 20.5. The molecule has 5 nitrogen and oxygen atoms in total. The Balaban J connectivity index is 1.68. The number of nitrogens with one attached hydrogen (secondary N) is 2. The predicted octanol–water partition coefficient (Wildman–Crippen LogP) is 6.94. The Morgan fingerprint density at radius 2 is 2.00 bits per heavy atom. The molecule has 0 bridgehead atoms. The van der Waals surface area contributed by atoms with Crippen LogP contribution in [0.4, 0.5) is 21.6 Å². The zero-order chi connectivity index (χ0) is 24.1. The molecule has 1 aliphatic carbocycles. The van der Waals surface area contributed by atoms with E-state index in [4.69, 9.17) is 11.6 Å². The molecule has 34 heavy (non-hydrogen) atoms. The summed E-state index contributed by atoms with van der Waals surface area (Å²) in [6, 6.07) is 8.76. The van der Waals surface area contributed by atoms with E-state index in [0.717, 1.165) is 35.3 Å². The third-order valence-electron chi connectivity index (χ3n) is 6.11. The molecule has 0 radical (unpaired) electrons. The van der Waals surface area contributed by atoms with Gasteiger partial charge >= 0.3 is 0 Å². The minimum absolute atomic E-state index is 0.0605. The van der Waals surface area contributed by atoms with E-state index in [0.29, 0.717) is 17.4 Å². The highest BCUT2D eigenvalue weighted by atomic mass is 35.5. The number of benzene rings is 2. The Labute approximate surface area is 205 Å². The summed E-state index contributed by atoms with van der Waals surface area (Å²) in [7, 11) is 4.07. The SMILES string of the molecule is C=C(/C=C/CN(C)C)Nc1cc2c(Nc3ccc(F)c(Cl)c3)ncnc2cc1CC1CCCC1. The molecule has 0 spiro atoms. The summed E-state index contributed by atoms with van der Waals surface area (Å²) in [6.45, 7) is 5.04. The third-order valence-corrected chi connectivity index (χ3v) is 6.40. The first-order chi connectivity index (χ1) is 16.4. The molecule has 1 aromatic heterocycles. The number of fused-ring (bicyclic) bond motifs is 1. The Kier molecular flexibility index (Phi) is 7.80. The van der Waals surface area contributed by atoms with Crippen LogP contribution in [0.5, 0.6) is 0 Å². The number of allylic oxidation sites excluding steroid dienone is 1. The van der Waals surface area contributed by atoms with Crippen molar-refractivity contribution in [3.8, 4) is 0 Å². The highest BCUT2D eigenvalue weighted by Crippen LogP contribution is 2.35. The van der Waals surface area contributed by atoms with Crippen LogP contribution in [0.2, 0.25) is 5.02 Å². The summed E-state index contributed by atoms with van der Waals surface area (Å²) in [4.78, 5) is 11.1. The van der Waals surface area contributed by atoms with Gasteiger partial charge in [-0.25, -0.2) is 14.4 Å². The van der Waals surface area contributed by atoms with Crippen LogP contribution in [0.25, 0.3) is 10.9 Å². The van der Waals surface area contributed by atoms with Crippen LogP contribution in [-0.4, -0.2) is 35.5 Å². The lowest BCUT2D eigenvalue weighted by Crippen LogP contribution is -2.11. The lowest BCUT2D eigenvalue weighted by molar-refractivity contribution is 0.456. The molecule has 0 aliphatic heterocycles. The lowest BCUT2D eigenvalue weighted by Gasteiger charge is -2.18. The largest absolute Gasteiger partial charge is 0.356 e. The molecule has 1 saturated carbocycles. The number of hydrogen-bond donors (Lipinski definition) is 2. The molecule has 0 saturated heterocycles. The van der Waals surface area contributed by atoms with Crippen molar-refractivity contribution in [1.29, 1.82) is 0 Å². The summed E-state index contributed by atoms with van der Waals surface area (Å²) in [5, 5.41) is 7.69. The molecule has 0 amide bonds. The Morgan fingerprint density at radius 3 is 2.74 bits per heavy atom. The van der Waals surface area contributed by atoms with E-state index in [1.165, 1.54) is 37.3 Å². The molecule has 1 heterocycles. The molecule has 2 N–H and O–H groups in total. The minimum Gasteiger partial charge on any atom is -0.356 e. The van der Waals surface area contributed by atoms with Crippen LogP contribution in [0.15, 0.2) is 61.1 Å². The first-order valence-electron chi connectivity index (χ1n) is 11.7. The van der Waals surface area contributed by atoms with Gasteiger partial charge in [0, 0.05) is 29.0 Å². The van der Waals surface area contributed by atoms with E-state index in [9.17, 15) is 4.39 Å². The normalized spacial score (nSPS) is 14.4. The topological polar surface area (TPSA) is 53.1 Å². The quantitative estimate of drug-likeness (QED) is 0.325. The summed E-state index contributed by atoms with van der Waals surface area (Å²) < 4.78 is 13.6. The maximum Gasteiger partial charge on any atom is 0.141 e. The number of aromatic nitrogens is 2. The van der Waals surface area contributed by atoms with Crippen molar-refractivity contribution in [2.24, 2.45) is 5.92 Å². The van der Waals surface area contributed by atoms with Crippen molar-refractivity contribution in [2.75, 3.05) is 31.3 Å². The van der Waals surface area contributed by atoms with Crippen molar-refractivity contribution in [2.45, 2.75) is 32.1 Å². The van der Waals surface area contributed by atoms with Crippen molar-refractivity contribution in [3.05, 3.63) is 77.5 Å². The highest BCUT2D eigenvalue weighted by Gasteiger charge is 2.19. The first-order valence-corrected chi connectivity index (χ1v) is 12.0. The van der Waals surface area contributed by atoms with Gasteiger partial charge in [0.1, 0.15) is 18.0 Å². The smallest absolute Gasteiger partial charge is 0.141 e. The van der Waals surface area contributed by atoms with Crippen LogP contribution in [-0.2, 0) is 6.42 Å². The molecular formula is C27H31ClFN5. The number of anilines is 3. The predicted molar refractivity (Wildman–Crippen MR) is 140 cm³/mol. The van der Waals surface area contributed by atoms with Gasteiger partial charge in [-0.05, 0) is 68.4 Å². The van der Waals surface area contributed by atoms with Crippen molar-refractivity contribution in [1.82, 2.24) is 14.9 Å². The van der Waals surface area contributed by atoms with Crippen LogP contribution in [0.1, 0.15) is 31.2 Å². The van der Waals surface area contributed by atoms with Crippen molar-refractivity contribution < 1.29 is 4.39 Å². The molecule has 0 unspecified atom stereocenters. The average Bonchev–Trinajstić information content (AvgIpc) is 3.30. The Bertz CT molecular complexity index is 1200. The summed E-state index contributed by atoms with van der Waals surface area (Å²) in [6.07, 6.45) is 11.8. The number of hydrogen-bond acceptors (Lipinski definition) is 5. The maximum absolute atomic E-state index is 13.6. The molecule has 4 rings (SSSR count). The highest BCUT2D eigenvalue weighted by molar-refractivity contribution is 6.31. The molecule has 1 fully saturated rings. The van der Waals surface area contributed by atoms with E-state index in [2.05, 4.69) is 50.3 Å². The van der Waals surface area contributed by atoms with Crippen LogP contribution < -0.4 is 10.6 Å². The second-order valence-electron chi connectivity index (χ2n) is 9.17. The average molecular weight is 480 g/mol. The van der Waals surface area contributed by atoms with E-state index < -0.39 is 5.82 Å². The second kappa shape index (κ2) is 11.0. The molecular weight excluding hydrogens is 449 g/mol. The first kappa shape index (κ1) is 24.2. The van der Waals surface area contributed by atoms with E-state index >= 15 is 0 Å². The van der Waals surface area contributed by atoms with Crippen LogP contribution in [0, 0.1) is 11.7 Å². The zero-order valence-electron chi connectivity index (χ0n) is 19.7. The van der Waals surface area contributed by atoms with Gasteiger partial charge in [0.25, 0.3) is 0 Å². The van der Waals surface area contributed by atoms with Crippen molar-refractivity contribution >= 4 is 39.7 Å². The number of halogens is 2. The summed E-state index contributed by atoms with van der Waals surface area (Å²) in [5.74, 6) is 0.872. The van der Waals surface area contributed by atoms with Crippen molar-refractivity contribution in [3.63, 3.8) is 0 Å². The molecule has 178 valence electrons. The van der Waals surface area contributed by atoms with Gasteiger partial charge in [-0.15, -0.1) is 0 Å². The molecule has 2 aromatic carbocycles. The van der Waals surface area contributed by atoms with E-state index in [1.54, 1.807) is 18.5 Å². The van der Waals surface area contributed by atoms with Gasteiger partial charge in [0.15, 0.2) is 0 Å². The molecule has 7 heteroatoms. The van der Waals surface area contributed by atoms with Gasteiger partial charge in [-0.3, -0.25) is 0 Å². The van der Waals surface area contributed by atoms with Crippen LogP contribution in [0.3, 0.4) is 0 Å². The van der Waals surface area contributed by atoms with E-state index in [1.807, 2.05) is 20.2 Å². The maximum atomic E-state index is 13.6. The van der Waals surface area contributed by atoms with Gasteiger partial charge in [-0.2, -0.15) is 0 Å². The van der Waals surface area contributed by atoms with Gasteiger partial charge in [-0.1, -0.05) is 49.9 Å². The number of rotatable bonds is 9. The molecule has 1 aliphatic rings. The monoisotopic (exact) mass is 479 g/mol. The summed E-state index contributed by atoms with van der Waals surface area (Å²) in [5.41, 5.74) is 4.58. The fourth-order valence-electron chi connectivity index (χ4n) is 4.39. The number of likely N-dealkylation sites (N-methyl/N-ethyl adjacent to an activating group) is 1. The molecule has 0 atom stereocenters. The van der Waals surface area contributed by atoms with Gasteiger partial charge < -0.3 is 15.5 Å². The third kappa shape index (κ3) is 6.13. The fraction of sp³-hybridized carbons (Fsp3) is 0.333. The summed E-state index contributed by atoms with van der Waals surface area (Å²) >= 11 is 5.97. The Morgan fingerprint density at radius 1 is 1.21 bits per heavy atom. The minimum atomic E-state index is -0.455. The van der Waals surface area contributed by atoms with E-state index in [-0.39, 0.29) is 5.02 Å². The molecule has 3 aromatic rings. The standard InChI is InChI=1S/C27H31ClFN5/c1-18(7-6-12-34(2)3)32-25-16-22-26(14-20(25)13-19-8-4-5-9-19)30-17-31-27(22)33-21-10-11-24(29)23(28)15-21/h6-7,10-11,14-17,19,32H,1,4-5,8-9,12-13H2,2-3H3,(H,30,31,33)/b7-6+. The fourth-order valence-corrected chi connectivity index (χ4v) is 4.57. The second-order valence-corrected chi connectivity index (χ2v) is 9.58.